The summed E-state index contributed by atoms with van der Waals surface area (Å²) in [6.07, 6.45) is -0.247. The van der Waals surface area contributed by atoms with E-state index in [0.29, 0.717) is 25.9 Å². The average Bonchev–Trinajstić information content (AvgIpc) is 2.76. The highest BCUT2D eigenvalue weighted by atomic mass is 19.2. The molecule has 1 saturated heterocycles. The first kappa shape index (κ1) is 26.1. The van der Waals surface area contributed by atoms with Crippen molar-refractivity contribution in [3.05, 3.63) is 29.3 Å². The largest absolute Gasteiger partial charge is 0.481 e. The Bertz CT molecular complexity index is 906. The van der Waals surface area contributed by atoms with Crippen LogP contribution in [0.4, 0.5) is 17.6 Å². The number of rotatable bonds is 9. The van der Waals surface area contributed by atoms with Crippen molar-refractivity contribution in [2.45, 2.75) is 39.2 Å². The number of carbonyl (C=O) groups excluding carboxylic acids is 3. The number of likely N-dealkylation sites (tertiary alicyclic amines) is 1. The van der Waals surface area contributed by atoms with Gasteiger partial charge < -0.3 is 20.1 Å². The Kier molecular flexibility index (Phi) is 8.77. The Hall–Kier alpha value is -3.18. The molecule has 1 aliphatic heterocycles. The van der Waals surface area contributed by atoms with E-state index in [2.05, 4.69) is 10.1 Å². The zero-order valence-corrected chi connectivity index (χ0v) is 18.0. The first-order valence-corrected chi connectivity index (χ1v) is 10.2. The van der Waals surface area contributed by atoms with E-state index in [-0.39, 0.29) is 17.9 Å². The lowest BCUT2D eigenvalue weighted by molar-refractivity contribution is -0.142. The molecular weight excluding hydrogens is 452 g/mol. The summed E-state index contributed by atoms with van der Waals surface area (Å²) in [5.41, 5.74) is 0. The molecule has 0 spiro atoms. The number of nitrogens with one attached hydrogen (secondary N) is 1. The second-order valence-electron chi connectivity index (χ2n) is 7.97. The second-order valence-corrected chi connectivity index (χ2v) is 7.97. The van der Waals surface area contributed by atoms with Gasteiger partial charge in [-0.15, -0.1) is 0 Å². The molecule has 0 aliphatic carbocycles. The van der Waals surface area contributed by atoms with Crippen molar-refractivity contribution in [2.24, 2.45) is 11.8 Å². The van der Waals surface area contributed by atoms with Crippen LogP contribution in [0.15, 0.2) is 6.07 Å². The molecule has 182 valence electrons. The molecule has 0 unspecified atom stereocenters. The summed E-state index contributed by atoms with van der Waals surface area (Å²) in [5.74, 6) is -12.6. The number of hydrogen-bond donors (Lipinski definition) is 2. The van der Waals surface area contributed by atoms with Crippen molar-refractivity contribution in [3.8, 4) is 5.75 Å². The number of ether oxygens (including phenoxy) is 1. The zero-order valence-electron chi connectivity index (χ0n) is 18.0. The summed E-state index contributed by atoms with van der Waals surface area (Å²) >= 11 is 0. The average molecular weight is 476 g/mol. The predicted molar refractivity (Wildman–Crippen MR) is 105 cm³/mol. The van der Waals surface area contributed by atoms with Crippen LogP contribution in [-0.4, -0.2) is 59.3 Å². The summed E-state index contributed by atoms with van der Waals surface area (Å²) in [6, 6.07) is -1.64. The number of ketones is 1. The van der Waals surface area contributed by atoms with E-state index in [4.69, 9.17) is 5.11 Å². The number of carboxylic acid groups (broad SMARTS) is 1. The maximum absolute atomic E-state index is 13.7. The fraction of sp³-hybridized carbons (Fsp3) is 0.524. The normalized spacial score (nSPS) is 15.3. The maximum Gasteiger partial charge on any atom is 0.305 e. The molecular formula is C21H24F4N2O6. The number of aliphatic carboxylic acids is 1. The minimum absolute atomic E-state index is 0.0349. The van der Waals surface area contributed by atoms with Crippen molar-refractivity contribution < 1.29 is 46.6 Å². The summed E-state index contributed by atoms with van der Waals surface area (Å²) < 4.78 is 58.5. The van der Waals surface area contributed by atoms with Gasteiger partial charge in [-0.3, -0.25) is 19.2 Å². The van der Waals surface area contributed by atoms with Gasteiger partial charge in [0, 0.05) is 31.0 Å². The van der Waals surface area contributed by atoms with Crippen molar-refractivity contribution in [3.63, 3.8) is 0 Å². The van der Waals surface area contributed by atoms with Crippen LogP contribution < -0.4 is 10.1 Å². The maximum atomic E-state index is 13.7. The van der Waals surface area contributed by atoms with Crippen molar-refractivity contribution >= 4 is 23.6 Å². The van der Waals surface area contributed by atoms with E-state index in [1.54, 1.807) is 18.7 Å². The van der Waals surface area contributed by atoms with Crippen LogP contribution in [0.5, 0.6) is 5.75 Å². The molecule has 8 nitrogen and oxygen atoms in total. The van der Waals surface area contributed by atoms with E-state index in [1.165, 1.54) is 0 Å². The number of amides is 2. The lowest BCUT2D eigenvalue weighted by Gasteiger charge is -2.33. The van der Waals surface area contributed by atoms with Crippen molar-refractivity contribution in [1.29, 1.82) is 0 Å². The summed E-state index contributed by atoms with van der Waals surface area (Å²) in [6.45, 7) is 3.00. The molecule has 1 fully saturated rings. The first-order valence-electron chi connectivity index (χ1n) is 10.2. The van der Waals surface area contributed by atoms with Crippen LogP contribution in [0, 0.1) is 35.1 Å². The van der Waals surface area contributed by atoms with Crippen molar-refractivity contribution in [2.75, 3.05) is 19.7 Å². The quantitative estimate of drug-likeness (QED) is 0.417. The fourth-order valence-corrected chi connectivity index (χ4v) is 3.36. The van der Waals surface area contributed by atoms with Gasteiger partial charge in [-0.2, -0.15) is 8.78 Å². The number of halogens is 4. The molecule has 1 heterocycles. The van der Waals surface area contributed by atoms with Gasteiger partial charge in [0.25, 0.3) is 0 Å². The lowest BCUT2D eigenvalue weighted by atomic mass is 9.94. The molecule has 12 heteroatoms. The van der Waals surface area contributed by atoms with Crippen LogP contribution in [0.1, 0.15) is 33.1 Å². The van der Waals surface area contributed by atoms with Crippen LogP contribution in [0.25, 0.3) is 0 Å². The van der Waals surface area contributed by atoms with Gasteiger partial charge in [0.05, 0.1) is 6.42 Å². The summed E-state index contributed by atoms with van der Waals surface area (Å²) in [5, 5.41) is 11.3. The highest BCUT2D eigenvalue weighted by Crippen LogP contribution is 2.26. The number of hydrogen-bond acceptors (Lipinski definition) is 5. The molecule has 0 aromatic heterocycles. The number of carboxylic acids is 1. The Balaban J connectivity index is 2.02. The molecule has 0 bridgehead atoms. The number of benzene rings is 1. The highest BCUT2D eigenvalue weighted by molar-refractivity contribution is 5.93. The molecule has 1 aromatic carbocycles. The monoisotopic (exact) mass is 476 g/mol. The van der Waals surface area contributed by atoms with Gasteiger partial charge in [-0.05, 0) is 12.8 Å². The summed E-state index contributed by atoms with van der Waals surface area (Å²) in [4.78, 5) is 49.7. The molecule has 1 aliphatic rings. The number of nitrogens with zero attached hydrogens (tertiary/aromatic N) is 1. The van der Waals surface area contributed by atoms with Crippen LogP contribution in [0.2, 0.25) is 0 Å². The predicted octanol–water partition coefficient (Wildman–Crippen LogP) is 2.04. The first-order chi connectivity index (χ1) is 15.4. The van der Waals surface area contributed by atoms with E-state index in [1.807, 2.05) is 0 Å². The van der Waals surface area contributed by atoms with Crippen LogP contribution in [0.3, 0.4) is 0 Å². The van der Waals surface area contributed by atoms with Crippen molar-refractivity contribution in [1.82, 2.24) is 10.2 Å². The Morgan fingerprint density at radius 3 is 2.12 bits per heavy atom. The number of carbonyl (C=O) groups is 4. The van der Waals surface area contributed by atoms with Gasteiger partial charge in [0.1, 0.15) is 12.6 Å². The van der Waals surface area contributed by atoms with Gasteiger partial charge in [0.2, 0.25) is 23.4 Å². The van der Waals surface area contributed by atoms with E-state index in [0.717, 1.165) is 0 Å². The van der Waals surface area contributed by atoms with E-state index >= 15 is 0 Å². The lowest BCUT2D eigenvalue weighted by Crippen LogP contribution is -2.49. The Morgan fingerprint density at radius 2 is 1.64 bits per heavy atom. The van der Waals surface area contributed by atoms with Gasteiger partial charge >= 0.3 is 5.97 Å². The van der Waals surface area contributed by atoms with E-state index in [9.17, 15) is 36.7 Å². The zero-order chi connectivity index (χ0) is 24.9. The second kappa shape index (κ2) is 11.1. The molecule has 1 atom stereocenters. The molecule has 2 N–H and O–H groups in total. The van der Waals surface area contributed by atoms with Gasteiger partial charge in [0.15, 0.2) is 23.2 Å². The molecule has 1 aromatic rings. The number of Topliss-reactive ketones (excluding diaryl/α,β-unsaturated/α-hetero) is 1. The van der Waals surface area contributed by atoms with Crippen LogP contribution in [-0.2, 0) is 19.2 Å². The Morgan fingerprint density at radius 1 is 1.09 bits per heavy atom. The third kappa shape index (κ3) is 6.65. The molecule has 2 amide bonds. The third-order valence-electron chi connectivity index (χ3n) is 5.19. The molecule has 0 saturated carbocycles. The van der Waals surface area contributed by atoms with Gasteiger partial charge in [-0.25, -0.2) is 8.78 Å². The van der Waals surface area contributed by atoms with Gasteiger partial charge in [-0.1, -0.05) is 13.8 Å². The smallest absolute Gasteiger partial charge is 0.305 e. The third-order valence-corrected chi connectivity index (χ3v) is 5.19. The number of piperidine rings is 1. The molecule has 2 rings (SSSR count). The minimum atomic E-state index is -1.86. The summed E-state index contributed by atoms with van der Waals surface area (Å²) in [7, 11) is 0. The highest BCUT2D eigenvalue weighted by Gasteiger charge is 2.32. The molecule has 0 radical (unpaired) electrons. The molecule has 33 heavy (non-hydrogen) atoms. The fourth-order valence-electron chi connectivity index (χ4n) is 3.36. The SMILES string of the molecule is CC(C)C(=O)N1CCC(C(=O)N[C@@H](CC(=O)O)C(=O)COc2c(F)c(F)cc(F)c2F)CC1. The standard InChI is InChI=1S/C21H24F4N2O6/c1-10(2)21(32)27-5-3-11(4-6-27)20(31)26-14(8-16(29)30)15(28)9-33-19-17(24)12(22)7-13(23)18(19)25/h7,10-11,14H,3-6,8-9H2,1-2H3,(H,26,31)(H,29,30)/t14-/m0/s1. The van der Waals surface area contributed by atoms with E-state index < -0.39 is 71.7 Å². The minimum Gasteiger partial charge on any atom is -0.481 e. The topological polar surface area (TPSA) is 113 Å². The Labute approximate surface area is 186 Å². The van der Waals surface area contributed by atoms with Crippen LogP contribution >= 0.6 is 0 Å².